The Balaban J connectivity index is 1.84. The van der Waals surface area contributed by atoms with Crippen LogP contribution in [-0.2, 0) is 0 Å². The van der Waals surface area contributed by atoms with Crippen LogP contribution in [0.25, 0.3) is 0 Å². The van der Waals surface area contributed by atoms with Crippen molar-refractivity contribution in [3.8, 4) is 0 Å². The maximum absolute atomic E-state index is 5.85. The average Bonchev–Trinajstić information content (AvgIpc) is 2.68. The number of piperidine rings is 1. The third kappa shape index (κ3) is 1.32. The molecule has 0 aromatic heterocycles. The molecule has 1 aliphatic carbocycles. The molecule has 1 saturated heterocycles. The topological polar surface area (TPSA) is 29.3 Å². The normalized spacial score (nSPS) is 36.3. The van der Waals surface area contributed by atoms with E-state index < -0.39 is 0 Å². The number of likely N-dealkylation sites (tertiary alicyclic amines) is 1. The van der Waals surface area contributed by atoms with E-state index in [1.165, 1.54) is 32.2 Å². The maximum atomic E-state index is 5.85. The molecule has 0 spiro atoms. The molecule has 58 valence electrons. The Morgan fingerprint density at radius 2 is 2.00 bits per heavy atom. The Hall–Kier alpha value is -0.0800. The molecule has 0 unspecified atom stereocenters. The minimum atomic E-state index is 0.467. The number of hydrogen-bond donors (Lipinski definition) is 1. The van der Waals surface area contributed by atoms with Crippen molar-refractivity contribution in [3.05, 3.63) is 0 Å². The van der Waals surface area contributed by atoms with Crippen LogP contribution in [0.4, 0.5) is 0 Å². The van der Waals surface area contributed by atoms with Crippen molar-refractivity contribution < 1.29 is 0 Å². The van der Waals surface area contributed by atoms with Gasteiger partial charge in [-0.05, 0) is 32.2 Å². The molecular formula is C8H16N2. The van der Waals surface area contributed by atoms with E-state index in [4.69, 9.17) is 5.73 Å². The summed E-state index contributed by atoms with van der Waals surface area (Å²) >= 11 is 0. The minimum Gasteiger partial charge on any atom is -0.327 e. The Morgan fingerprint density at radius 1 is 1.20 bits per heavy atom. The molecule has 2 aliphatic rings. The highest BCUT2D eigenvalue weighted by Crippen LogP contribution is 2.28. The van der Waals surface area contributed by atoms with E-state index in [9.17, 15) is 0 Å². The molecular weight excluding hydrogens is 124 g/mol. The smallest absolute Gasteiger partial charge is 0.0168 e. The summed E-state index contributed by atoms with van der Waals surface area (Å²) in [6, 6.07) is 1.39. The highest BCUT2D eigenvalue weighted by molar-refractivity contribution is 4.88. The molecule has 2 rings (SSSR count). The van der Waals surface area contributed by atoms with Crippen molar-refractivity contribution in [2.24, 2.45) is 5.73 Å². The van der Waals surface area contributed by atoms with Gasteiger partial charge in [0.25, 0.3) is 0 Å². The quantitative estimate of drug-likeness (QED) is 0.577. The molecule has 0 bridgehead atoms. The SMILES string of the molecule is N[C@@H]1CCCN(C2CC2)C1. The van der Waals surface area contributed by atoms with Crippen molar-refractivity contribution in [2.75, 3.05) is 13.1 Å². The summed E-state index contributed by atoms with van der Waals surface area (Å²) in [5.41, 5.74) is 5.85. The second-order valence-corrected chi connectivity index (χ2v) is 3.63. The summed E-state index contributed by atoms with van der Waals surface area (Å²) in [6.07, 6.45) is 5.40. The molecule has 2 heteroatoms. The van der Waals surface area contributed by atoms with Crippen LogP contribution in [-0.4, -0.2) is 30.1 Å². The fourth-order valence-corrected chi connectivity index (χ4v) is 1.81. The standard InChI is InChI=1S/C8H16N2/c9-7-2-1-5-10(6-7)8-3-4-8/h7-8H,1-6,9H2/t7-/m1/s1. The second kappa shape index (κ2) is 2.51. The first-order valence-electron chi connectivity index (χ1n) is 4.36. The van der Waals surface area contributed by atoms with Crippen LogP contribution in [0.3, 0.4) is 0 Å². The number of nitrogens with two attached hydrogens (primary N) is 1. The summed E-state index contributed by atoms with van der Waals surface area (Å²) in [7, 11) is 0. The van der Waals surface area contributed by atoms with Crippen LogP contribution in [0.1, 0.15) is 25.7 Å². The Bertz CT molecular complexity index is 120. The van der Waals surface area contributed by atoms with Crippen molar-refractivity contribution in [3.63, 3.8) is 0 Å². The Labute approximate surface area is 62.4 Å². The maximum Gasteiger partial charge on any atom is 0.0168 e. The molecule has 1 heterocycles. The Kier molecular flexibility index (Phi) is 1.66. The van der Waals surface area contributed by atoms with Crippen molar-refractivity contribution in [1.29, 1.82) is 0 Å². The summed E-state index contributed by atoms with van der Waals surface area (Å²) in [5.74, 6) is 0. The van der Waals surface area contributed by atoms with Gasteiger partial charge < -0.3 is 5.73 Å². The van der Waals surface area contributed by atoms with E-state index in [-0.39, 0.29) is 0 Å². The van der Waals surface area contributed by atoms with Gasteiger partial charge in [0, 0.05) is 18.6 Å². The molecule has 2 fully saturated rings. The van der Waals surface area contributed by atoms with Crippen LogP contribution in [0.2, 0.25) is 0 Å². The van der Waals surface area contributed by atoms with E-state index in [0.717, 1.165) is 12.6 Å². The van der Waals surface area contributed by atoms with Gasteiger partial charge >= 0.3 is 0 Å². The third-order valence-electron chi connectivity index (χ3n) is 2.55. The predicted molar refractivity (Wildman–Crippen MR) is 41.8 cm³/mol. The van der Waals surface area contributed by atoms with Gasteiger partial charge in [-0.1, -0.05) is 0 Å². The fourth-order valence-electron chi connectivity index (χ4n) is 1.81. The highest BCUT2D eigenvalue weighted by Gasteiger charge is 2.31. The van der Waals surface area contributed by atoms with Gasteiger partial charge in [0.1, 0.15) is 0 Å². The molecule has 2 N–H and O–H groups in total. The van der Waals surface area contributed by atoms with Gasteiger partial charge in [0.05, 0.1) is 0 Å². The molecule has 0 amide bonds. The van der Waals surface area contributed by atoms with E-state index in [2.05, 4.69) is 4.90 Å². The fraction of sp³-hybridized carbons (Fsp3) is 1.00. The number of hydrogen-bond acceptors (Lipinski definition) is 2. The lowest BCUT2D eigenvalue weighted by atomic mass is 10.1. The highest BCUT2D eigenvalue weighted by atomic mass is 15.2. The minimum absolute atomic E-state index is 0.467. The zero-order chi connectivity index (χ0) is 6.97. The van der Waals surface area contributed by atoms with Crippen molar-refractivity contribution in [1.82, 2.24) is 4.90 Å². The zero-order valence-electron chi connectivity index (χ0n) is 6.42. The summed E-state index contributed by atoms with van der Waals surface area (Å²) in [5, 5.41) is 0. The van der Waals surface area contributed by atoms with Crippen LogP contribution < -0.4 is 5.73 Å². The largest absolute Gasteiger partial charge is 0.327 e. The molecule has 0 aromatic carbocycles. The van der Waals surface area contributed by atoms with Crippen molar-refractivity contribution >= 4 is 0 Å². The third-order valence-corrected chi connectivity index (χ3v) is 2.55. The van der Waals surface area contributed by atoms with Crippen LogP contribution in [0, 0.1) is 0 Å². The predicted octanol–water partition coefficient (Wildman–Crippen LogP) is 0.572. The molecule has 2 nitrogen and oxygen atoms in total. The lowest BCUT2D eigenvalue weighted by molar-refractivity contribution is 0.200. The van der Waals surface area contributed by atoms with Crippen LogP contribution in [0.5, 0.6) is 0 Å². The van der Waals surface area contributed by atoms with Gasteiger partial charge in [-0.3, -0.25) is 4.90 Å². The summed E-state index contributed by atoms with van der Waals surface area (Å²) < 4.78 is 0. The average molecular weight is 140 g/mol. The van der Waals surface area contributed by atoms with E-state index in [1.807, 2.05) is 0 Å². The van der Waals surface area contributed by atoms with Crippen molar-refractivity contribution in [2.45, 2.75) is 37.8 Å². The van der Waals surface area contributed by atoms with Crippen LogP contribution >= 0.6 is 0 Å². The van der Waals surface area contributed by atoms with Gasteiger partial charge in [-0.15, -0.1) is 0 Å². The number of nitrogens with zero attached hydrogens (tertiary/aromatic N) is 1. The summed E-state index contributed by atoms with van der Waals surface area (Å²) in [6.45, 7) is 2.46. The second-order valence-electron chi connectivity index (χ2n) is 3.63. The van der Waals surface area contributed by atoms with Crippen LogP contribution in [0.15, 0.2) is 0 Å². The molecule has 0 radical (unpaired) electrons. The lowest BCUT2D eigenvalue weighted by Gasteiger charge is -2.30. The summed E-state index contributed by atoms with van der Waals surface area (Å²) in [4.78, 5) is 2.56. The van der Waals surface area contributed by atoms with E-state index in [1.54, 1.807) is 0 Å². The van der Waals surface area contributed by atoms with Gasteiger partial charge in [-0.25, -0.2) is 0 Å². The molecule has 1 saturated carbocycles. The number of rotatable bonds is 1. The van der Waals surface area contributed by atoms with Gasteiger partial charge in [0.2, 0.25) is 0 Å². The monoisotopic (exact) mass is 140 g/mol. The van der Waals surface area contributed by atoms with Gasteiger partial charge in [0.15, 0.2) is 0 Å². The van der Waals surface area contributed by atoms with E-state index >= 15 is 0 Å². The first kappa shape index (κ1) is 6.62. The first-order chi connectivity index (χ1) is 4.86. The molecule has 10 heavy (non-hydrogen) atoms. The molecule has 1 atom stereocenters. The van der Waals surface area contributed by atoms with E-state index in [0.29, 0.717) is 6.04 Å². The molecule has 1 aliphatic heterocycles. The Morgan fingerprint density at radius 3 is 2.60 bits per heavy atom. The van der Waals surface area contributed by atoms with Gasteiger partial charge in [-0.2, -0.15) is 0 Å². The lowest BCUT2D eigenvalue weighted by Crippen LogP contribution is -2.43. The first-order valence-corrected chi connectivity index (χ1v) is 4.36. The molecule has 0 aromatic rings. The zero-order valence-corrected chi connectivity index (χ0v) is 6.42.